The van der Waals surface area contributed by atoms with Gasteiger partial charge in [0.25, 0.3) is 0 Å². The maximum atomic E-state index is 11.5. The van der Waals surface area contributed by atoms with Gasteiger partial charge in [0.15, 0.2) is 0 Å². The first-order valence-electron chi connectivity index (χ1n) is 7.05. The summed E-state index contributed by atoms with van der Waals surface area (Å²) >= 11 is 3.57. The lowest BCUT2D eigenvalue weighted by atomic mass is 10.1. The molecule has 1 aromatic rings. The van der Waals surface area contributed by atoms with Crippen LogP contribution >= 0.6 is 15.9 Å². The van der Waals surface area contributed by atoms with Crippen LogP contribution in [-0.2, 0) is 9.53 Å². The van der Waals surface area contributed by atoms with Crippen molar-refractivity contribution in [3.05, 3.63) is 34.3 Å². The van der Waals surface area contributed by atoms with Gasteiger partial charge in [-0.15, -0.1) is 0 Å². The third-order valence-electron chi connectivity index (χ3n) is 3.43. The zero-order valence-electron chi connectivity index (χ0n) is 11.8. The van der Waals surface area contributed by atoms with Gasteiger partial charge in [-0.2, -0.15) is 0 Å². The van der Waals surface area contributed by atoms with Gasteiger partial charge < -0.3 is 10.1 Å². The smallest absolute Gasteiger partial charge is 0.221 e. The van der Waals surface area contributed by atoms with Crippen LogP contribution in [0.1, 0.15) is 25.0 Å². The van der Waals surface area contributed by atoms with Gasteiger partial charge in [-0.3, -0.25) is 9.69 Å². The number of rotatable bonds is 5. The number of carbonyl (C=O) groups is 1. The van der Waals surface area contributed by atoms with Crippen LogP contribution in [0.15, 0.2) is 28.7 Å². The number of carbonyl (C=O) groups excluding carboxylic acids is 1. The summed E-state index contributed by atoms with van der Waals surface area (Å²) < 4.78 is 6.94. The molecular formula is C15H21BrN2O2. The maximum absolute atomic E-state index is 11.5. The summed E-state index contributed by atoms with van der Waals surface area (Å²) in [4.78, 5) is 13.8. The van der Waals surface area contributed by atoms with Gasteiger partial charge >= 0.3 is 0 Å². The molecule has 0 bridgehead atoms. The molecule has 0 aromatic heterocycles. The largest absolute Gasteiger partial charge is 0.371 e. The Balaban J connectivity index is 1.89. The third kappa shape index (κ3) is 4.30. The van der Waals surface area contributed by atoms with Crippen LogP contribution < -0.4 is 5.32 Å². The van der Waals surface area contributed by atoms with Crippen molar-refractivity contribution in [1.29, 1.82) is 0 Å². The van der Waals surface area contributed by atoms with Gasteiger partial charge in [-0.05, 0) is 18.6 Å². The monoisotopic (exact) mass is 340 g/mol. The van der Waals surface area contributed by atoms with E-state index in [1.807, 2.05) is 25.1 Å². The highest BCUT2D eigenvalue weighted by molar-refractivity contribution is 9.10. The van der Waals surface area contributed by atoms with Crippen LogP contribution in [0.5, 0.6) is 0 Å². The summed E-state index contributed by atoms with van der Waals surface area (Å²) in [6, 6.07) is 8.15. The Morgan fingerprint density at radius 2 is 2.30 bits per heavy atom. The molecule has 1 saturated heterocycles. The minimum absolute atomic E-state index is 0.0774. The summed E-state index contributed by atoms with van der Waals surface area (Å²) in [5, 5.41) is 2.83. The number of amides is 1. The van der Waals surface area contributed by atoms with Crippen molar-refractivity contribution in [3.8, 4) is 0 Å². The second-order valence-electron chi connectivity index (χ2n) is 4.89. The van der Waals surface area contributed by atoms with E-state index in [2.05, 4.69) is 32.2 Å². The standard InChI is InChI=1S/C15H21BrN2O2/c1-2-17-15(19)7-8-18-9-10-20-14(11-18)12-5-3-4-6-13(12)16/h3-6,14H,2,7-11H2,1H3,(H,17,19). The second kappa shape index (κ2) is 7.76. The fraction of sp³-hybridized carbons (Fsp3) is 0.533. The van der Waals surface area contributed by atoms with Crippen LogP contribution in [0.3, 0.4) is 0 Å². The molecule has 2 rings (SSSR count). The number of morpholine rings is 1. The first-order valence-corrected chi connectivity index (χ1v) is 7.85. The summed E-state index contributed by atoms with van der Waals surface area (Å²) in [5.74, 6) is 0.122. The lowest BCUT2D eigenvalue weighted by Gasteiger charge is -2.33. The summed E-state index contributed by atoms with van der Waals surface area (Å²) in [6.07, 6.45) is 0.629. The highest BCUT2D eigenvalue weighted by atomic mass is 79.9. The normalized spacial score (nSPS) is 19.8. The molecule has 1 aliphatic rings. The predicted molar refractivity (Wildman–Crippen MR) is 82.6 cm³/mol. The topological polar surface area (TPSA) is 41.6 Å². The molecule has 5 heteroatoms. The van der Waals surface area contributed by atoms with Crippen LogP contribution in [0, 0.1) is 0 Å². The third-order valence-corrected chi connectivity index (χ3v) is 4.15. The van der Waals surface area contributed by atoms with Crippen molar-refractivity contribution in [2.75, 3.05) is 32.8 Å². The first-order chi connectivity index (χ1) is 9.70. The van der Waals surface area contributed by atoms with Crippen LogP contribution in [0.2, 0.25) is 0 Å². The quantitative estimate of drug-likeness (QED) is 0.894. The molecule has 1 aromatic carbocycles. The molecular weight excluding hydrogens is 320 g/mol. The molecule has 0 spiro atoms. The average molecular weight is 341 g/mol. The summed E-state index contributed by atoms with van der Waals surface area (Å²) in [5.41, 5.74) is 1.18. The zero-order valence-corrected chi connectivity index (χ0v) is 13.4. The molecule has 0 radical (unpaired) electrons. The molecule has 1 amide bonds. The van der Waals surface area contributed by atoms with Crippen LogP contribution in [0.4, 0.5) is 0 Å². The van der Waals surface area contributed by atoms with E-state index in [1.54, 1.807) is 0 Å². The fourth-order valence-electron chi connectivity index (χ4n) is 2.38. The van der Waals surface area contributed by atoms with Gasteiger partial charge in [0.1, 0.15) is 0 Å². The van der Waals surface area contributed by atoms with E-state index >= 15 is 0 Å². The zero-order chi connectivity index (χ0) is 14.4. The Morgan fingerprint density at radius 1 is 1.50 bits per heavy atom. The van der Waals surface area contributed by atoms with Crippen molar-refractivity contribution in [3.63, 3.8) is 0 Å². The molecule has 1 fully saturated rings. The van der Waals surface area contributed by atoms with Crippen molar-refractivity contribution in [2.24, 2.45) is 0 Å². The minimum Gasteiger partial charge on any atom is -0.371 e. The number of halogens is 1. The van der Waals surface area contributed by atoms with Crippen LogP contribution in [0.25, 0.3) is 0 Å². The highest BCUT2D eigenvalue weighted by Gasteiger charge is 2.23. The average Bonchev–Trinajstić information content (AvgIpc) is 2.46. The predicted octanol–water partition coefficient (Wildman–Crippen LogP) is 2.35. The van der Waals surface area contributed by atoms with Gasteiger partial charge in [0.2, 0.25) is 5.91 Å². The molecule has 1 unspecified atom stereocenters. The summed E-state index contributed by atoms with van der Waals surface area (Å²) in [6.45, 7) is 5.86. The van der Waals surface area contributed by atoms with E-state index < -0.39 is 0 Å². The molecule has 1 heterocycles. The molecule has 20 heavy (non-hydrogen) atoms. The van der Waals surface area contributed by atoms with E-state index in [4.69, 9.17) is 4.74 Å². The fourth-order valence-corrected chi connectivity index (χ4v) is 2.92. The Hall–Kier alpha value is -0.910. The van der Waals surface area contributed by atoms with Gasteiger partial charge in [0.05, 0.1) is 12.7 Å². The van der Waals surface area contributed by atoms with Crippen LogP contribution in [-0.4, -0.2) is 43.6 Å². The minimum atomic E-state index is 0.0774. The molecule has 1 aliphatic heterocycles. The Kier molecular flexibility index (Phi) is 6.01. The Labute approximate surface area is 128 Å². The molecule has 1 atom stereocenters. The number of benzene rings is 1. The molecule has 1 N–H and O–H groups in total. The molecule has 0 aliphatic carbocycles. The number of hydrogen-bond donors (Lipinski definition) is 1. The van der Waals surface area contributed by atoms with Crippen molar-refractivity contribution in [2.45, 2.75) is 19.4 Å². The Bertz CT molecular complexity index is 453. The lowest BCUT2D eigenvalue weighted by Crippen LogP contribution is -2.40. The van der Waals surface area contributed by atoms with E-state index in [0.29, 0.717) is 19.6 Å². The van der Waals surface area contributed by atoms with Crippen molar-refractivity contribution in [1.82, 2.24) is 10.2 Å². The van der Waals surface area contributed by atoms with E-state index in [9.17, 15) is 4.79 Å². The van der Waals surface area contributed by atoms with E-state index in [-0.39, 0.29) is 12.0 Å². The van der Waals surface area contributed by atoms with Gasteiger partial charge in [0, 0.05) is 37.1 Å². The Morgan fingerprint density at radius 3 is 3.05 bits per heavy atom. The summed E-state index contributed by atoms with van der Waals surface area (Å²) in [7, 11) is 0. The number of hydrogen-bond acceptors (Lipinski definition) is 3. The molecule has 110 valence electrons. The highest BCUT2D eigenvalue weighted by Crippen LogP contribution is 2.28. The first kappa shape index (κ1) is 15.5. The maximum Gasteiger partial charge on any atom is 0.221 e. The SMILES string of the molecule is CCNC(=O)CCN1CCOC(c2ccccc2Br)C1. The van der Waals surface area contributed by atoms with Gasteiger partial charge in [-0.25, -0.2) is 0 Å². The van der Waals surface area contributed by atoms with E-state index in [0.717, 1.165) is 24.1 Å². The molecule has 4 nitrogen and oxygen atoms in total. The lowest BCUT2D eigenvalue weighted by molar-refractivity contribution is -0.121. The second-order valence-corrected chi connectivity index (χ2v) is 5.74. The number of nitrogens with zero attached hydrogens (tertiary/aromatic N) is 1. The molecule has 0 saturated carbocycles. The van der Waals surface area contributed by atoms with Gasteiger partial charge in [-0.1, -0.05) is 34.1 Å². The number of ether oxygens (including phenoxy) is 1. The van der Waals surface area contributed by atoms with Crippen molar-refractivity contribution >= 4 is 21.8 Å². The van der Waals surface area contributed by atoms with E-state index in [1.165, 1.54) is 5.56 Å². The van der Waals surface area contributed by atoms with Crippen molar-refractivity contribution < 1.29 is 9.53 Å². The number of nitrogens with one attached hydrogen (secondary N) is 1.